The fourth-order valence-corrected chi connectivity index (χ4v) is 1.46. The lowest BCUT2D eigenvalue weighted by atomic mass is 10.3. The first-order chi connectivity index (χ1) is 6.84. The number of hydrogen-bond donors (Lipinski definition) is 2. The van der Waals surface area contributed by atoms with Crippen LogP contribution in [-0.4, -0.2) is 4.98 Å². The molecule has 2 N–H and O–H groups in total. The number of nitrogens with one attached hydrogen (secondary N) is 2. The largest absolute Gasteiger partial charge is 0.379 e. The monoisotopic (exact) mass is 206 g/mol. The fraction of sp³-hybridized carbons (Fsp3) is 0.0909. The van der Waals surface area contributed by atoms with E-state index in [1.165, 1.54) is 0 Å². The predicted octanol–water partition coefficient (Wildman–Crippen LogP) is 3.28. The highest BCUT2D eigenvalue weighted by Gasteiger charge is 1.94. The SMILES string of the molecule is Clc1cccc(NCc2ccc[nH]2)c1. The van der Waals surface area contributed by atoms with Crippen molar-refractivity contribution in [1.29, 1.82) is 0 Å². The van der Waals surface area contributed by atoms with Gasteiger partial charge in [0, 0.05) is 22.6 Å². The Labute approximate surface area is 87.9 Å². The molecule has 72 valence electrons. The van der Waals surface area contributed by atoms with Crippen molar-refractivity contribution < 1.29 is 0 Å². The molecule has 0 bridgehead atoms. The van der Waals surface area contributed by atoms with Crippen molar-refractivity contribution in [3.63, 3.8) is 0 Å². The van der Waals surface area contributed by atoms with Gasteiger partial charge in [-0.1, -0.05) is 17.7 Å². The maximum atomic E-state index is 5.86. The third-order valence-corrected chi connectivity index (χ3v) is 2.21. The average Bonchev–Trinajstić information content (AvgIpc) is 2.67. The van der Waals surface area contributed by atoms with Crippen LogP contribution < -0.4 is 5.32 Å². The van der Waals surface area contributed by atoms with E-state index in [2.05, 4.69) is 10.3 Å². The highest BCUT2D eigenvalue weighted by molar-refractivity contribution is 6.30. The van der Waals surface area contributed by atoms with E-state index in [-0.39, 0.29) is 0 Å². The van der Waals surface area contributed by atoms with Crippen molar-refractivity contribution >= 4 is 17.3 Å². The Bertz CT molecular complexity index is 395. The summed E-state index contributed by atoms with van der Waals surface area (Å²) in [5.41, 5.74) is 2.19. The lowest BCUT2D eigenvalue weighted by Gasteiger charge is -2.04. The molecule has 0 aliphatic carbocycles. The number of halogens is 1. The second-order valence-electron chi connectivity index (χ2n) is 3.06. The zero-order valence-electron chi connectivity index (χ0n) is 7.63. The lowest BCUT2D eigenvalue weighted by molar-refractivity contribution is 1.07. The van der Waals surface area contributed by atoms with Crippen molar-refractivity contribution in [2.45, 2.75) is 6.54 Å². The van der Waals surface area contributed by atoms with Gasteiger partial charge in [0.2, 0.25) is 0 Å². The molecule has 0 aliphatic rings. The van der Waals surface area contributed by atoms with Crippen LogP contribution in [0.15, 0.2) is 42.6 Å². The Morgan fingerprint density at radius 1 is 1.21 bits per heavy atom. The van der Waals surface area contributed by atoms with Gasteiger partial charge in [0.15, 0.2) is 0 Å². The quantitative estimate of drug-likeness (QED) is 0.793. The van der Waals surface area contributed by atoms with Crippen LogP contribution in [0.3, 0.4) is 0 Å². The summed E-state index contributed by atoms with van der Waals surface area (Å²) in [6, 6.07) is 11.7. The molecule has 3 heteroatoms. The zero-order valence-corrected chi connectivity index (χ0v) is 8.38. The van der Waals surface area contributed by atoms with E-state index in [1.807, 2.05) is 42.6 Å². The number of aromatic amines is 1. The molecular weight excluding hydrogens is 196 g/mol. The molecule has 0 fully saturated rings. The summed E-state index contributed by atoms with van der Waals surface area (Å²) >= 11 is 5.86. The summed E-state index contributed by atoms with van der Waals surface area (Å²) < 4.78 is 0. The van der Waals surface area contributed by atoms with Crippen molar-refractivity contribution in [3.8, 4) is 0 Å². The van der Waals surface area contributed by atoms with Crippen molar-refractivity contribution in [3.05, 3.63) is 53.3 Å². The van der Waals surface area contributed by atoms with E-state index in [9.17, 15) is 0 Å². The van der Waals surface area contributed by atoms with Crippen LogP contribution in [-0.2, 0) is 6.54 Å². The second kappa shape index (κ2) is 4.20. The number of hydrogen-bond acceptors (Lipinski definition) is 1. The van der Waals surface area contributed by atoms with Gasteiger partial charge in [0.1, 0.15) is 0 Å². The molecule has 0 unspecified atom stereocenters. The van der Waals surface area contributed by atoms with Gasteiger partial charge in [0.05, 0.1) is 6.54 Å². The Morgan fingerprint density at radius 2 is 2.14 bits per heavy atom. The molecule has 0 saturated heterocycles. The van der Waals surface area contributed by atoms with Gasteiger partial charge in [-0.15, -0.1) is 0 Å². The van der Waals surface area contributed by atoms with E-state index in [4.69, 9.17) is 11.6 Å². The summed E-state index contributed by atoms with van der Waals surface area (Å²) in [6.45, 7) is 0.785. The number of benzene rings is 1. The molecule has 0 radical (unpaired) electrons. The molecule has 0 aliphatic heterocycles. The van der Waals surface area contributed by atoms with Gasteiger partial charge in [-0.2, -0.15) is 0 Å². The Hall–Kier alpha value is -1.41. The van der Waals surface area contributed by atoms with Crippen LogP contribution in [0.25, 0.3) is 0 Å². The van der Waals surface area contributed by atoms with E-state index in [0.717, 1.165) is 22.9 Å². The first-order valence-corrected chi connectivity index (χ1v) is 4.84. The maximum Gasteiger partial charge on any atom is 0.0551 e. The topological polar surface area (TPSA) is 27.8 Å². The number of anilines is 1. The van der Waals surface area contributed by atoms with Gasteiger partial charge < -0.3 is 10.3 Å². The third-order valence-electron chi connectivity index (χ3n) is 1.97. The third kappa shape index (κ3) is 2.30. The van der Waals surface area contributed by atoms with Crippen LogP contribution in [0.5, 0.6) is 0 Å². The summed E-state index contributed by atoms with van der Waals surface area (Å²) in [6.07, 6.45) is 1.91. The van der Waals surface area contributed by atoms with Crippen LogP contribution >= 0.6 is 11.6 Å². The van der Waals surface area contributed by atoms with Crippen molar-refractivity contribution in [1.82, 2.24) is 4.98 Å². The molecule has 1 heterocycles. The maximum absolute atomic E-state index is 5.86. The molecule has 2 rings (SSSR count). The highest BCUT2D eigenvalue weighted by atomic mass is 35.5. The van der Waals surface area contributed by atoms with E-state index in [0.29, 0.717) is 0 Å². The fourth-order valence-electron chi connectivity index (χ4n) is 1.27. The Balaban J connectivity index is 1.98. The summed E-state index contributed by atoms with van der Waals surface area (Å²) in [7, 11) is 0. The molecule has 0 spiro atoms. The van der Waals surface area contributed by atoms with Crippen LogP contribution in [0, 0.1) is 0 Å². The van der Waals surface area contributed by atoms with E-state index in [1.54, 1.807) is 0 Å². The minimum absolute atomic E-state index is 0.751. The molecule has 1 aromatic heterocycles. The minimum Gasteiger partial charge on any atom is -0.379 e. The summed E-state index contributed by atoms with van der Waals surface area (Å²) in [4.78, 5) is 3.13. The second-order valence-corrected chi connectivity index (χ2v) is 3.50. The first-order valence-electron chi connectivity index (χ1n) is 4.46. The van der Waals surface area contributed by atoms with E-state index < -0.39 is 0 Å². The Morgan fingerprint density at radius 3 is 2.86 bits per heavy atom. The molecule has 1 aromatic carbocycles. The van der Waals surface area contributed by atoms with E-state index >= 15 is 0 Å². The minimum atomic E-state index is 0.751. The average molecular weight is 207 g/mol. The molecule has 0 saturated carbocycles. The van der Waals surface area contributed by atoms with Gasteiger partial charge in [0.25, 0.3) is 0 Å². The number of aromatic nitrogens is 1. The van der Waals surface area contributed by atoms with Gasteiger partial charge in [-0.25, -0.2) is 0 Å². The number of rotatable bonds is 3. The smallest absolute Gasteiger partial charge is 0.0551 e. The van der Waals surface area contributed by atoms with Gasteiger partial charge in [-0.3, -0.25) is 0 Å². The molecule has 2 nitrogen and oxygen atoms in total. The standard InChI is InChI=1S/C11H11ClN2/c12-9-3-1-4-10(7-9)14-8-11-5-2-6-13-11/h1-7,13-14H,8H2. The normalized spacial score (nSPS) is 10.1. The molecule has 2 aromatic rings. The number of H-pyrrole nitrogens is 1. The van der Waals surface area contributed by atoms with Crippen LogP contribution in [0.4, 0.5) is 5.69 Å². The van der Waals surface area contributed by atoms with Gasteiger partial charge >= 0.3 is 0 Å². The summed E-state index contributed by atoms with van der Waals surface area (Å²) in [5.74, 6) is 0. The zero-order chi connectivity index (χ0) is 9.80. The van der Waals surface area contributed by atoms with Crippen molar-refractivity contribution in [2.24, 2.45) is 0 Å². The van der Waals surface area contributed by atoms with Crippen LogP contribution in [0.1, 0.15) is 5.69 Å². The van der Waals surface area contributed by atoms with Gasteiger partial charge in [-0.05, 0) is 30.3 Å². The highest BCUT2D eigenvalue weighted by Crippen LogP contribution is 2.15. The van der Waals surface area contributed by atoms with Crippen LogP contribution in [0.2, 0.25) is 5.02 Å². The predicted molar refractivity (Wildman–Crippen MR) is 59.6 cm³/mol. The molecule has 14 heavy (non-hydrogen) atoms. The first kappa shape index (κ1) is 9.16. The van der Waals surface area contributed by atoms with Crippen molar-refractivity contribution in [2.75, 3.05) is 5.32 Å². The lowest BCUT2D eigenvalue weighted by Crippen LogP contribution is -1.98. The molecule has 0 amide bonds. The summed E-state index contributed by atoms with van der Waals surface area (Å²) in [5, 5.41) is 4.02. The molecule has 0 atom stereocenters. The Kier molecular flexibility index (Phi) is 2.75. The molecular formula is C11H11ClN2.